The van der Waals surface area contributed by atoms with Crippen molar-refractivity contribution in [3.8, 4) is 11.1 Å². The summed E-state index contributed by atoms with van der Waals surface area (Å²) in [5, 5.41) is 36.2. The number of carbonyl (C=O) groups is 3. The maximum atomic E-state index is 13.1. The van der Waals surface area contributed by atoms with E-state index in [0.29, 0.717) is 25.3 Å². The van der Waals surface area contributed by atoms with Crippen LogP contribution in [0.2, 0.25) is 0 Å². The van der Waals surface area contributed by atoms with Gasteiger partial charge in [0.1, 0.15) is 22.9 Å². The second-order valence-electron chi connectivity index (χ2n) is 14.8. The van der Waals surface area contributed by atoms with Crippen LogP contribution in [0.25, 0.3) is 11.1 Å². The van der Waals surface area contributed by atoms with Gasteiger partial charge in [0, 0.05) is 62.4 Å². The molecule has 0 spiro atoms. The first-order valence-electron chi connectivity index (χ1n) is 19.1. The van der Waals surface area contributed by atoms with Crippen LogP contribution in [0, 0.1) is 5.92 Å². The minimum absolute atomic E-state index is 0.0110. The molecule has 1 saturated heterocycles. The van der Waals surface area contributed by atoms with Crippen molar-refractivity contribution in [2.45, 2.75) is 83.0 Å². The van der Waals surface area contributed by atoms with Crippen molar-refractivity contribution in [2.75, 3.05) is 37.4 Å². The zero-order valence-electron chi connectivity index (χ0n) is 31.7. The number of carbonyl (C=O) groups excluding carboxylic acids is 3. The van der Waals surface area contributed by atoms with E-state index in [2.05, 4.69) is 25.8 Å². The van der Waals surface area contributed by atoms with Crippen molar-refractivity contribution in [3.63, 3.8) is 0 Å². The third-order valence-electron chi connectivity index (χ3n) is 10.6. The highest BCUT2D eigenvalue weighted by Gasteiger charge is 2.46. The molecule has 3 amide bonds. The third kappa shape index (κ3) is 7.74. The molecule has 0 unspecified atom stereocenters. The fraction of sp³-hybridized carbons (Fsp3) is 0.462. The molecule has 3 aromatic rings. The highest BCUT2D eigenvalue weighted by atomic mass is 16.5. The number of aliphatic hydroxyl groups is 2. The molecular formula is C39H51N11O5. The number of pyridine rings is 1. The fourth-order valence-electron chi connectivity index (χ4n) is 6.96. The summed E-state index contributed by atoms with van der Waals surface area (Å²) in [5.74, 6) is -3.17. The molecule has 0 atom stereocenters. The van der Waals surface area contributed by atoms with Crippen molar-refractivity contribution in [1.29, 1.82) is 0 Å². The van der Waals surface area contributed by atoms with Gasteiger partial charge in [-0.2, -0.15) is 5.10 Å². The van der Waals surface area contributed by atoms with Gasteiger partial charge in [-0.3, -0.25) is 19.1 Å². The molecule has 9 N–H and O–H groups in total. The van der Waals surface area contributed by atoms with Gasteiger partial charge in [0.25, 0.3) is 17.7 Å². The topological polar surface area (TPSA) is 220 Å². The second-order valence-corrected chi connectivity index (χ2v) is 14.8. The van der Waals surface area contributed by atoms with E-state index in [1.807, 2.05) is 50.0 Å². The van der Waals surface area contributed by atoms with Gasteiger partial charge in [-0.15, -0.1) is 0 Å². The fourth-order valence-corrected chi connectivity index (χ4v) is 6.96. The van der Waals surface area contributed by atoms with Gasteiger partial charge < -0.3 is 47.4 Å². The number of benzene rings is 1. The Morgan fingerprint density at radius 3 is 2.36 bits per heavy atom. The molecule has 4 fully saturated rings. The monoisotopic (exact) mass is 753 g/mol. The molecule has 2 aliphatic heterocycles. The first-order chi connectivity index (χ1) is 26.4. The standard InChI is InChI=1S/C37H45N11O5.C2H6/c1-45-19-29-25(16-40-48(29)23-17-47(18-23)37(52,53)30-8-4-7-27(43-30)36(51)46(2)22-13-14-22)24-5-3-6-26(33(24)45)42-28(32(39)35(50)41-21-11-12-21)15-31(38)44-34(49)20-9-10-20;1-2/h3-8,15-16,20-23,42,52-53H,9-14,17-19,38-39H2,1-2H3,(H,41,50)(H,44,49);1-2H3/b31-15+,32-28+;. The Labute approximate surface area is 320 Å². The number of rotatable bonds is 12. The van der Waals surface area contributed by atoms with Crippen LogP contribution >= 0.6 is 0 Å². The quantitative estimate of drug-likeness (QED) is 0.0803. The lowest BCUT2D eigenvalue weighted by Crippen LogP contribution is -2.59. The number of allylic oxidation sites excluding steroid dienone is 1. The van der Waals surface area contributed by atoms with Crippen LogP contribution in [0.4, 0.5) is 11.4 Å². The van der Waals surface area contributed by atoms with Crippen LogP contribution in [0.15, 0.2) is 65.9 Å². The van der Waals surface area contributed by atoms with E-state index in [0.717, 1.165) is 61.0 Å². The van der Waals surface area contributed by atoms with Gasteiger partial charge in [0.05, 0.1) is 41.5 Å². The van der Waals surface area contributed by atoms with Crippen LogP contribution in [0.3, 0.4) is 0 Å². The van der Waals surface area contributed by atoms with Crippen LogP contribution < -0.4 is 32.3 Å². The maximum Gasteiger partial charge on any atom is 0.272 e. The molecule has 0 radical (unpaired) electrons. The average molecular weight is 754 g/mol. The van der Waals surface area contributed by atoms with Gasteiger partial charge >= 0.3 is 0 Å². The summed E-state index contributed by atoms with van der Waals surface area (Å²) in [5.41, 5.74) is 17.3. The lowest BCUT2D eigenvalue weighted by atomic mass is 9.97. The number of amides is 3. The van der Waals surface area contributed by atoms with Gasteiger partial charge in [-0.05, 0) is 56.7 Å². The van der Waals surface area contributed by atoms with E-state index < -0.39 is 11.8 Å². The molecule has 3 aliphatic carbocycles. The zero-order valence-corrected chi connectivity index (χ0v) is 31.7. The number of para-hydroxylation sites is 1. The Morgan fingerprint density at radius 1 is 0.982 bits per heavy atom. The Balaban J connectivity index is 0.00000229. The lowest BCUT2D eigenvalue weighted by Gasteiger charge is -2.46. The number of nitrogens with two attached hydrogens (primary N) is 2. The zero-order chi connectivity index (χ0) is 39.2. The molecule has 55 heavy (non-hydrogen) atoms. The van der Waals surface area contributed by atoms with Crippen molar-refractivity contribution in [2.24, 2.45) is 17.4 Å². The number of hydrogen-bond acceptors (Lipinski definition) is 12. The van der Waals surface area contributed by atoms with Crippen molar-refractivity contribution in [1.82, 2.24) is 35.2 Å². The van der Waals surface area contributed by atoms with Gasteiger partial charge in [0.15, 0.2) is 0 Å². The summed E-state index contributed by atoms with van der Waals surface area (Å²) in [6.45, 7) is 5.08. The first-order valence-corrected chi connectivity index (χ1v) is 19.1. The van der Waals surface area contributed by atoms with E-state index in [4.69, 9.17) is 16.6 Å². The minimum atomic E-state index is -2.37. The van der Waals surface area contributed by atoms with Crippen molar-refractivity contribution < 1.29 is 24.6 Å². The van der Waals surface area contributed by atoms with Crippen LogP contribution in [-0.2, 0) is 22.0 Å². The number of aromatic nitrogens is 3. The predicted octanol–water partition coefficient (Wildman–Crippen LogP) is 1.99. The highest BCUT2D eigenvalue weighted by Crippen LogP contribution is 2.45. The molecule has 4 heterocycles. The average Bonchev–Trinajstić information content (AvgIpc) is 4.01. The van der Waals surface area contributed by atoms with E-state index in [1.54, 1.807) is 24.1 Å². The highest BCUT2D eigenvalue weighted by molar-refractivity contribution is 5.96. The maximum absolute atomic E-state index is 13.1. The number of fused-ring (bicyclic) bond motifs is 3. The number of nitrogens with zero attached hydrogens (tertiary/aromatic N) is 6. The number of nitrogens with one attached hydrogen (secondary N) is 3. The van der Waals surface area contributed by atoms with Gasteiger partial charge in [-0.25, -0.2) is 9.88 Å². The normalized spacial score (nSPS) is 18.8. The molecule has 2 aromatic heterocycles. The Kier molecular flexibility index (Phi) is 10.3. The largest absolute Gasteiger partial charge is 0.393 e. The van der Waals surface area contributed by atoms with Crippen LogP contribution in [0.1, 0.15) is 80.3 Å². The van der Waals surface area contributed by atoms with Crippen molar-refractivity contribution in [3.05, 3.63) is 83.0 Å². The summed E-state index contributed by atoms with van der Waals surface area (Å²) in [4.78, 5) is 47.9. The SMILES string of the molecule is CC.CN1Cc2c(cnn2C2CN(C(O)(O)c3cccc(C(=O)N(C)C4CC4)n3)C2)-c2cccc(NC(/C=C(\N)NC(=O)C3CC3)=C(/N)C(=O)NC3CC3)c21. The van der Waals surface area contributed by atoms with E-state index in [1.165, 1.54) is 17.0 Å². The Hall–Kier alpha value is -5.45. The minimum Gasteiger partial charge on any atom is -0.393 e. The molecular weight excluding hydrogens is 703 g/mol. The Morgan fingerprint density at radius 2 is 1.69 bits per heavy atom. The first kappa shape index (κ1) is 37.8. The molecule has 0 bridgehead atoms. The van der Waals surface area contributed by atoms with Gasteiger partial charge in [-0.1, -0.05) is 32.0 Å². The van der Waals surface area contributed by atoms with Crippen LogP contribution in [0.5, 0.6) is 0 Å². The molecule has 16 nitrogen and oxygen atoms in total. The number of anilines is 2. The van der Waals surface area contributed by atoms with Crippen LogP contribution in [-0.4, -0.2) is 91.8 Å². The molecule has 1 aromatic carbocycles. The van der Waals surface area contributed by atoms with E-state index in [-0.39, 0.29) is 64.5 Å². The van der Waals surface area contributed by atoms with Gasteiger partial charge in [0.2, 0.25) is 5.91 Å². The predicted molar refractivity (Wildman–Crippen MR) is 206 cm³/mol. The molecule has 5 aliphatic rings. The lowest BCUT2D eigenvalue weighted by molar-refractivity contribution is -0.302. The number of hydrogen-bond donors (Lipinski definition) is 7. The summed E-state index contributed by atoms with van der Waals surface area (Å²) in [7, 11) is 3.70. The van der Waals surface area contributed by atoms with E-state index >= 15 is 0 Å². The van der Waals surface area contributed by atoms with Crippen molar-refractivity contribution >= 4 is 29.1 Å². The number of likely N-dealkylation sites (tertiary alicyclic amines) is 1. The molecule has 3 saturated carbocycles. The second kappa shape index (κ2) is 15.0. The summed E-state index contributed by atoms with van der Waals surface area (Å²) >= 11 is 0. The summed E-state index contributed by atoms with van der Waals surface area (Å²) in [6, 6.07) is 10.6. The molecule has 16 heteroatoms. The smallest absolute Gasteiger partial charge is 0.272 e. The Bertz CT molecular complexity index is 2040. The summed E-state index contributed by atoms with van der Waals surface area (Å²) in [6.07, 6.45) is 8.65. The molecule has 292 valence electrons. The van der Waals surface area contributed by atoms with E-state index in [9.17, 15) is 24.6 Å². The third-order valence-corrected chi connectivity index (χ3v) is 10.6. The summed E-state index contributed by atoms with van der Waals surface area (Å²) < 4.78 is 1.93. The molecule has 8 rings (SSSR count).